The van der Waals surface area contributed by atoms with Crippen LogP contribution in [0.4, 0.5) is 0 Å². The average molecular weight is 457 g/mol. The molecule has 156 valence electrons. The van der Waals surface area contributed by atoms with Gasteiger partial charge in [-0.3, -0.25) is 0 Å². The van der Waals surface area contributed by atoms with Gasteiger partial charge < -0.3 is 16.5 Å². The molecule has 0 spiro atoms. The minimum absolute atomic E-state index is 0.343. The number of benzene rings is 3. The summed E-state index contributed by atoms with van der Waals surface area (Å²) in [5, 5.41) is 17.9. The number of amides is 1. The third-order valence-corrected chi connectivity index (χ3v) is 5.08. The predicted octanol–water partition coefficient (Wildman–Crippen LogP) is 3.97. The topological polar surface area (TPSA) is 94.0 Å². The smallest absolute Gasteiger partial charge is 0.423 e. The first-order chi connectivity index (χ1) is 15.7. The molecule has 0 radical (unpaired) electrons. The maximum absolute atomic E-state index is 12.6. The van der Waals surface area contributed by atoms with Gasteiger partial charge in [-0.1, -0.05) is 60.0 Å². The van der Waals surface area contributed by atoms with Crippen LogP contribution in [0.2, 0.25) is 0 Å². The van der Waals surface area contributed by atoms with Crippen LogP contribution in [0.1, 0.15) is 21.5 Å². The third kappa shape index (κ3) is 5.52. The van der Waals surface area contributed by atoms with Gasteiger partial charge in [0.1, 0.15) is 18.2 Å². The molecule has 1 amide bonds. The summed E-state index contributed by atoms with van der Waals surface area (Å²) in [5.41, 5.74) is 2.78. The molecule has 6 nitrogen and oxygen atoms in total. The molecule has 0 aliphatic rings. The Bertz CT molecular complexity index is 1350. The Balaban J connectivity index is 0.000000913. The Morgan fingerprint density at radius 2 is 1.56 bits per heavy atom. The van der Waals surface area contributed by atoms with Gasteiger partial charge in [-0.2, -0.15) is 9.83 Å². The molecular formula is C24H16N4O2S2. The van der Waals surface area contributed by atoms with Gasteiger partial charge >= 0.3 is 16.6 Å². The lowest BCUT2D eigenvalue weighted by Crippen LogP contribution is -2.49. The molecule has 1 heterocycles. The zero-order chi connectivity index (χ0) is 22.8. The molecule has 0 saturated carbocycles. The van der Waals surface area contributed by atoms with Crippen LogP contribution in [-0.2, 0) is 19.2 Å². The zero-order valence-corrected chi connectivity index (χ0v) is 18.3. The largest absolute Gasteiger partial charge is 0.696 e. The van der Waals surface area contributed by atoms with Crippen molar-refractivity contribution in [3.63, 3.8) is 0 Å². The maximum atomic E-state index is 12.6. The van der Waals surface area contributed by atoms with Crippen LogP contribution >= 0.6 is 11.6 Å². The van der Waals surface area contributed by atoms with E-state index in [0.29, 0.717) is 28.4 Å². The number of nitrogens with zero attached hydrogens (tertiary/aromatic N) is 4. The number of aromatic nitrogens is 1. The van der Waals surface area contributed by atoms with E-state index in [1.807, 2.05) is 59.2 Å². The Hall–Kier alpha value is -4.11. The van der Waals surface area contributed by atoms with Gasteiger partial charge in [-0.05, 0) is 30.3 Å². The molecule has 0 bridgehead atoms. The average Bonchev–Trinajstić information content (AvgIpc) is 3.23. The third-order valence-electron chi connectivity index (χ3n) is 4.38. The van der Waals surface area contributed by atoms with Crippen LogP contribution in [0.25, 0.3) is 11.5 Å². The molecule has 8 heteroatoms. The van der Waals surface area contributed by atoms with Gasteiger partial charge in [0, 0.05) is 10.6 Å². The molecule has 1 aromatic heterocycles. The van der Waals surface area contributed by atoms with Crippen molar-refractivity contribution in [3.05, 3.63) is 106 Å². The molecule has 4 aromatic rings. The van der Waals surface area contributed by atoms with Crippen LogP contribution < -0.4 is 9.37 Å². The number of thiocyanates is 1. The molecule has 0 fully saturated rings. The highest BCUT2D eigenvalue weighted by Gasteiger charge is 2.23. The van der Waals surface area contributed by atoms with Crippen molar-refractivity contribution in [2.45, 2.75) is 6.54 Å². The number of rotatable bonds is 4. The summed E-state index contributed by atoms with van der Waals surface area (Å²) in [7, 11) is 0. The summed E-state index contributed by atoms with van der Waals surface area (Å²) in [6.45, 7) is 0.363. The molecule has 32 heavy (non-hydrogen) atoms. The molecule has 0 aliphatic carbocycles. The zero-order valence-electron chi connectivity index (χ0n) is 16.7. The lowest BCUT2D eigenvalue weighted by molar-refractivity contribution is -0.693. The molecule has 0 unspecified atom stereocenters. The normalized spacial score (nSPS) is 10.4. The van der Waals surface area contributed by atoms with Crippen molar-refractivity contribution in [2.24, 2.45) is 4.99 Å². The summed E-state index contributed by atoms with van der Waals surface area (Å²) in [5.74, 6) is 0.243. The van der Waals surface area contributed by atoms with Gasteiger partial charge in [0.25, 0.3) is 0 Å². The van der Waals surface area contributed by atoms with E-state index in [2.05, 4.69) is 23.7 Å². The van der Waals surface area contributed by atoms with Crippen molar-refractivity contribution < 1.29 is 13.2 Å². The first kappa shape index (κ1) is 22.6. The van der Waals surface area contributed by atoms with Gasteiger partial charge in [0.2, 0.25) is 0 Å². The Kier molecular flexibility index (Phi) is 7.99. The lowest BCUT2D eigenvalue weighted by Gasteiger charge is -2.02. The van der Waals surface area contributed by atoms with Gasteiger partial charge in [-0.15, -0.1) is 0 Å². The van der Waals surface area contributed by atoms with Crippen molar-refractivity contribution in [1.82, 2.24) is 0 Å². The highest BCUT2D eigenvalue weighted by Crippen LogP contribution is 2.17. The summed E-state index contributed by atoms with van der Waals surface area (Å²) in [4.78, 5) is 17.3. The fourth-order valence-corrected chi connectivity index (χ4v) is 3.62. The second-order valence-electron chi connectivity index (χ2n) is 6.35. The first-order valence-electron chi connectivity index (χ1n) is 9.39. The Morgan fingerprint density at radius 3 is 2.22 bits per heavy atom. The molecule has 3 aromatic carbocycles. The summed E-state index contributed by atoms with van der Waals surface area (Å²) >= 11 is 4.74. The van der Waals surface area contributed by atoms with Gasteiger partial charge in [0.15, 0.2) is 0 Å². The van der Waals surface area contributed by atoms with Crippen molar-refractivity contribution in [3.8, 4) is 22.9 Å². The Morgan fingerprint density at radius 1 is 0.969 bits per heavy atom. The molecule has 4 rings (SSSR count). The van der Waals surface area contributed by atoms with Crippen LogP contribution in [0.5, 0.6) is 0 Å². The molecule has 0 atom stereocenters. The minimum Gasteiger partial charge on any atom is -0.696 e. The lowest BCUT2D eigenvalue weighted by atomic mass is 10.1. The number of hydrogen-bond donors (Lipinski definition) is 0. The number of carbonyl (C=O) groups excluding carboxylic acids is 1. The quantitative estimate of drug-likeness (QED) is 0.263. The number of hydrogen-bond acceptors (Lipinski definition) is 6. The van der Waals surface area contributed by atoms with Gasteiger partial charge in [0.05, 0.1) is 22.8 Å². The fourth-order valence-electron chi connectivity index (χ4n) is 2.93. The van der Waals surface area contributed by atoms with E-state index in [1.54, 1.807) is 30.3 Å². The van der Waals surface area contributed by atoms with Crippen LogP contribution in [0, 0.1) is 22.0 Å². The Labute approximate surface area is 194 Å². The monoisotopic (exact) mass is 456 g/mol. The van der Waals surface area contributed by atoms with Crippen molar-refractivity contribution >= 4 is 30.2 Å². The van der Waals surface area contributed by atoms with Crippen LogP contribution in [0.3, 0.4) is 0 Å². The fraction of sp³-hybridized carbons (Fsp3) is 0.0417. The summed E-state index contributed by atoms with van der Waals surface area (Å²) in [6, 6.07) is 28.1. The molecule has 0 aliphatic heterocycles. The van der Waals surface area contributed by atoms with E-state index in [4.69, 9.17) is 9.11 Å². The second-order valence-corrected chi connectivity index (χ2v) is 7.23. The van der Waals surface area contributed by atoms with E-state index >= 15 is 0 Å². The summed E-state index contributed by atoms with van der Waals surface area (Å²) in [6.07, 6.45) is 0. The second kappa shape index (κ2) is 11.3. The van der Waals surface area contributed by atoms with Crippen LogP contribution in [0.15, 0.2) is 93.8 Å². The maximum Gasteiger partial charge on any atom is 0.423 e. The van der Waals surface area contributed by atoms with E-state index in [0.717, 1.165) is 22.8 Å². The number of nitriles is 2. The van der Waals surface area contributed by atoms with E-state index < -0.39 is 0 Å². The predicted molar refractivity (Wildman–Crippen MR) is 122 cm³/mol. The standard InChI is InChI=1S/C23H16N3O2S.CHNS/c24-15-19-13-7-8-14-20(19)16-26-22(18-11-5-2-6-12-18)28-29-23(26)25-21(27)17-9-3-1-4-10-17;2-1-3/h1-14H,16H2;3H/q+1;/p-1. The molecular weight excluding hydrogens is 440 g/mol. The first-order valence-corrected chi connectivity index (χ1v) is 10.5. The van der Waals surface area contributed by atoms with Crippen molar-refractivity contribution in [1.29, 1.82) is 10.5 Å². The van der Waals surface area contributed by atoms with Crippen LogP contribution in [-0.4, -0.2) is 5.91 Å². The molecule has 0 N–H and O–H groups in total. The van der Waals surface area contributed by atoms with E-state index in [9.17, 15) is 10.1 Å². The highest BCUT2D eigenvalue weighted by atomic mass is 32.1. The highest BCUT2D eigenvalue weighted by molar-refractivity contribution is 7.64. The SMILES string of the molecule is N#C[S-].N#Cc1ccccc1C[n+]1c(-c2ccccc2)osc1=NC(=O)c1ccccc1. The molecule has 0 saturated heterocycles. The minimum atomic E-state index is -0.343. The van der Waals surface area contributed by atoms with Gasteiger partial charge in [-0.25, -0.2) is 10.1 Å². The number of carbonyl (C=O) groups is 1. The van der Waals surface area contributed by atoms with E-state index in [1.165, 1.54) is 5.40 Å². The van der Waals surface area contributed by atoms with Crippen molar-refractivity contribution in [2.75, 3.05) is 0 Å². The summed E-state index contributed by atoms with van der Waals surface area (Å²) < 4.78 is 7.67. The van der Waals surface area contributed by atoms with E-state index in [-0.39, 0.29) is 5.91 Å².